The molecule has 0 aliphatic rings. The van der Waals surface area contributed by atoms with Crippen LogP contribution in [0, 0.1) is 0 Å². The van der Waals surface area contributed by atoms with Gasteiger partial charge < -0.3 is 29.7 Å². The maximum Gasteiger partial charge on any atom is 2.00 e. The smallest absolute Gasteiger partial charge is 0.411 e. The van der Waals surface area contributed by atoms with Gasteiger partial charge in [-0.3, -0.25) is 0 Å². The van der Waals surface area contributed by atoms with Crippen LogP contribution in [0.5, 0.6) is 0 Å². The fraction of sp³-hybridized carbons (Fsp3) is 0.222. The molecule has 0 unspecified atom stereocenters. The average Bonchev–Trinajstić information content (AvgIpc) is 2.07. The first-order valence-corrected chi connectivity index (χ1v) is 4.61. The Labute approximate surface area is 110 Å². The van der Waals surface area contributed by atoms with E-state index < -0.39 is 0 Å². The summed E-state index contributed by atoms with van der Waals surface area (Å²) in [6.45, 7) is 2.86. The molecular formula is C9H10NPbS2+. The summed E-state index contributed by atoms with van der Waals surface area (Å²) in [5, 5.41) is 0. The van der Waals surface area contributed by atoms with Crippen LogP contribution in [0.15, 0.2) is 30.3 Å². The van der Waals surface area contributed by atoms with Crippen LogP contribution >= 0.6 is 12.2 Å². The molecule has 0 aromatic heterocycles. The van der Waals surface area contributed by atoms with Crippen LogP contribution in [0.1, 0.15) is 6.92 Å². The number of benzene rings is 1. The van der Waals surface area contributed by atoms with Gasteiger partial charge in [0.1, 0.15) is 0 Å². The summed E-state index contributed by atoms with van der Waals surface area (Å²) in [5.41, 5.74) is 1.07. The van der Waals surface area contributed by atoms with Crippen LogP contribution in [-0.4, -0.2) is 38.2 Å². The minimum absolute atomic E-state index is 0. The van der Waals surface area contributed by atoms with Gasteiger partial charge in [0.05, 0.1) is 0 Å². The van der Waals surface area contributed by atoms with Crippen LogP contribution in [0.3, 0.4) is 0 Å². The van der Waals surface area contributed by atoms with Gasteiger partial charge in [0.2, 0.25) is 0 Å². The first-order valence-electron chi connectivity index (χ1n) is 3.79. The number of thiocarbonyl (C=S) groups is 1. The van der Waals surface area contributed by atoms with Crippen molar-refractivity contribution in [3.63, 3.8) is 0 Å². The number of anilines is 1. The Kier molecular flexibility index (Phi) is 6.80. The third-order valence-electron chi connectivity index (χ3n) is 1.60. The number of hydrogen-bond acceptors (Lipinski definition) is 2. The van der Waals surface area contributed by atoms with Crippen molar-refractivity contribution < 1.29 is 0 Å². The fourth-order valence-electron chi connectivity index (χ4n) is 1.03. The molecule has 0 fully saturated rings. The molecule has 0 amide bonds. The van der Waals surface area contributed by atoms with Gasteiger partial charge in [0.25, 0.3) is 0 Å². The molecule has 0 aliphatic heterocycles. The minimum atomic E-state index is 0. The molecule has 1 aromatic rings. The molecule has 1 nitrogen and oxygen atoms in total. The molecule has 1 aromatic carbocycles. The molecule has 1 rings (SSSR count). The van der Waals surface area contributed by atoms with Crippen molar-refractivity contribution in [3.05, 3.63) is 30.3 Å². The zero-order valence-corrected chi connectivity index (χ0v) is 12.9. The molecule has 0 aliphatic carbocycles. The maximum atomic E-state index is 4.94. The molecule has 13 heavy (non-hydrogen) atoms. The van der Waals surface area contributed by atoms with Crippen molar-refractivity contribution >= 4 is 62.2 Å². The number of hydrogen-bond donors (Lipinski definition) is 0. The summed E-state index contributed by atoms with van der Waals surface area (Å²) >= 11 is 9.88. The quantitative estimate of drug-likeness (QED) is 0.422. The Balaban J connectivity index is 0.00000144. The molecule has 66 valence electrons. The summed E-state index contributed by atoms with van der Waals surface area (Å²) in [7, 11) is 0. The number of para-hydroxylation sites is 1. The predicted molar refractivity (Wildman–Crippen MR) is 65.2 cm³/mol. The van der Waals surface area contributed by atoms with Crippen LogP contribution in [0.4, 0.5) is 5.69 Å². The van der Waals surface area contributed by atoms with E-state index in [0.717, 1.165) is 12.2 Å². The van der Waals surface area contributed by atoms with Crippen molar-refractivity contribution in [2.75, 3.05) is 11.4 Å². The third-order valence-corrected chi connectivity index (χ3v) is 2.05. The SMILES string of the molecule is CCN(C(=S)[S-])c1ccccc1.[Pb+2]. The third kappa shape index (κ3) is 3.87. The predicted octanol–water partition coefficient (Wildman–Crippen LogP) is 1.96. The van der Waals surface area contributed by atoms with Crippen molar-refractivity contribution in [2.45, 2.75) is 6.92 Å². The van der Waals surface area contributed by atoms with Gasteiger partial charge in [-0.2, -0.15) is 0 Å². The number of rotatable bonds is 2. The van der Waals surface area contributed by atoms with Gasteiger partial charge in [-0.05, 0) is 19.1 Å². The van der Waals surface area contributed by atoms with E-state index in [0.29, 0.717) is 4.32 Å². The molecule has 0 atom stereocenters. The summed E-state index contributed by atoms with van der Waals surface area (Å²) in [4.78, 5) is 1.92. The van der Waals surface area contributed by atoms with Crippen LogP contribution < -0.4 is 4.90 Å². The van der Waals surface area contributed by atoms with Gasteiger partial charge in [-0.15, -0.1) is 0 Å². The molecule has 2 radical (unpaired) electrons. The Morgan fingerprint density at radius 2 is 1.92 bits per heavy atom. The van der Waals surface area contributed by atoms with E-state index >= 15 is 0 Å². The van der Waals surface area contributed by atoms with Crippen molar-refractivity contribution in [1.29, 1.82) is 0 Å². The monoisotopic (exact) mass is 404 g/mol. The van der Waals surface area contributed by atoms with E-state index in [4.69, 9.17) is 24.8 Å². The largest absolute Gasteiger partial charge is 2.00 e. The molecular weight excluding hydrogens is 393 g/mol. The second-order valence-electron chi connectivity index (χ2n) is 2.35. The Bertz CT molecular complexity index is 264. The van der Waals surface area contributed by atoms with Crippen LogP contribution in [-0.2, 0) is 12.6 Å². The van der Waals surface area contributed by atoms with Crippen LogP contribution in [0.25, 0.3) is 0 Å². The average molecular weight is 404 g/mol. The summed E-state index contributed by atoms with van der Waals surface area (Å²) < 4.78 is 0.503. The van der Waals surface area contributed by atoms with Crippen molar-refractivity contribution in [3.8, 4) is 0 Å². The molecule has 4 heteroatoms. The second kappa shape index (κ2) is 6.67. The molecule has 0 saturated heterocycles. The molecule has 0 saturated carbocycles. The molecule has 0 N–H and O–H groups in total. The first-order chi connectivity index (χ1) is 5.75. The first kappa shape index (κ1) is 13.3. The van der Waals surface area contributed by atoms with Gasteiger partial charge in [0.15, 0.2) is 0 Å². The second-order valence-corrected chi connectivity index (χ2v) is 3.38. The van der Waals surface area contributed by atoms with E-state index in [1.165, 1.54) is 0 Å². The fourth-order valence-corrected chi connectivity index (χ4v) is 1.49. The van der Waals surface area contributed by atoms with E-state index in [2.05, 4.69) is 0 Å². The van der Waals surface area contributed by atoms with Crippen molar-refractivity contribution in [1.82, 2.24) is 0 Å². The Morgan fingerprint density at radius 1 is 1.38 bits per heavy atom. The minimum Gasteiger partial charge on any atom is -0.411 e. The normalized spacial score (nSPS) is 8.69. The Hall–Kier alpha value is 0.252. The summed E-state index contributed by atoms with van der Waals surface area (Å²) in [6, 6.07) is 9.94. The van der Waals surface area contributed by atoms with Gasteiger partial charge in [-0.25, -0.2) is 0 Å². The molecule has 0 heterocycles. The van der Waals surface area contributed by atoms with Crippen molar-refractivity contribution in [2.24, 2.45) is 0 Å². The zero-order valence-electron chi connectivity index (χ0n) is 7.36. The van der Waals surface area contributed by atoms with Gasteiger partial charge >= 0.3 is 27.3 Å². The maximum absolute atomic E-state index is 4.94. The zero-order chi connectivity index (χ0) is 8.97. The summed E-state index contributed by atoms with van der Waals surface area (Å²) in [6.07, 6.45) is 0. The van der Waals surface area contributed by atoms with Gasteiger partial charge in [-0.1, -0.05) is 22.5 Å². The van der Waals surface area contributed by atoms with E-state index in [1.807, 2.05) is 42.2 Å². The molecule has 0 bridgehead atoms. The topological polar surface area (TPSA) is 3.24 Å². The number of nitrogens with zero attached hydrogens (tertiary/aromatic N) is 1. The van der Waals surface area contributed by atoms with E-state index in [1.54, 1.807) is 0 Å². The standard InChI is InChI=1S/C9H11NS2.Pb/c1-2-10(9(11)12)8-6-4-3-5-7-8;/h3-7H,2H2,1H3,(H,11,12);/q;+2/p-1. The summed E-state index contributed by atoms with van der Waals surface area (Å²) in [5.74, 6) is 0. The Morgan fingerprint density at radius 3 is 2.31 bits per heavy atom. The van der Waals surface area contributed by atoms with Crippen LogP contribution in [0.2, 0.25) is 0 Å². The van der Waals surface area contributed by atoms with E-state index in [9.17, 15) is 0 Å². The van der Waals surface area contributed by atoms with E-state index in [-0.39, 0.29) is 27.3 Å². The molecule has 0 spiro atoms. The van der Waals surface area contributed by atoms with Gasteiger partial charge in [0, 0.05) is 12.2 Å².